The van der Waals surface area contributed by atoms with Gasteiger partial charge in [0.2, 0.25) is 0 Å². The summed E-state index contributed by atoms with van der Waals surface area (Å²) in [6.45, 7) is 9.01. The number of thioether (sulfide) groups is 1. The molecule has 0 aromatic heterocycles. The molecule has 0 radical (unpaired) electrons. The number of hydrogen-bond acceptors (Lipinski definition) is 4. The van der Waals surface area contributed by atoms with Crippen LogP contribution in [-0.2, 0) is 9.59 Å². The molecule has 0 spiro atoms. The predicted molar refractivity (Wildman–Crippen MR) is 77.2 cm³/mol. The van der Waals surface area contributed by atoms with E-state index >= 15 is 0 Å². The number of benzene rings is 1. The van der Waals surface area contributed by atoms with Crippen molar-refractivity contribution in [1.82, 2.24) is 0 Å². The molecular weight excluding hydrogens is 260 g/mol. The summed E-state index contributed by atoms with van der Waals surface area (Å²) in [5, 5.41) is 0.147. The maximum absolute atomic E-state index is 11.8. The van der Waals surface area contributed by atoms with Crippen molar-refractivity contribution in [2.45, 2.75) is 32.1 Å². The zero-order chi connectivity index (χ0) is 14.4. The van der Waals surface area contributed by atoms with Crippen molar-refractivity contribution in [2.24, 2.45) is 5.92 Å². The molecule has 0 N–H and O–H groups in total. The smallest absolute Gasteiger partial charge is 0.338 e. The SMILES string of the molecule is C=C(C)C(=O)Oc1ccc(SC(=O)C(C)CC)cc1. The van der Waals surface area contributed by atoms with Gasteiger partial charge in [0, 0.05) is 16.4 Å². The summed E-state index contributed by atoms with van der Waals surface area (Å²) in [4.78, 5) is 23.9. The summed E-state index contributed by atoms with van der Waals surface area (Å²) in [7, 11) is 0. The van der Waals surface area contributed by atoms with Crippen molar-refractivity contribution in [2.75, 3.05) is 0 Å². The first-order valence-corrected chi connectivity index (χ1v) is 6.95. The summed E-state index contributed by atoms with van der Waals surface area (Å²) in [5.41, 5.74) is 0.352. The molecule has 0 aliphatic heterocycles. The number of ether oxygens (including phenoxy) is 1. The van der Waals surface area contributed by atoms with Gasteiger partial charge in [-0.05, 0) is 37.6 Å². The number of rotatable bonds is 5. The third kappa shape index (κ3) is 4.91. The van der Waals surface area contributed by atoms with Crippen molar-refractivity contribution in [3.8, 4) is 5.75 Å². The van der Waals surface area contributed by atoms with Crippen molar-refractivity contribution in [1.29, 1.82) is 0 Å². The average molecular weight is 278 g/mol. The molecule has 4 heteroatoms. The minimum absolute atomic E-state index is 0.0471. The van der Waals surface area contributed by atoms with E-state index in [2.05, 4.69) is 6.58 Å². The molecule has 0 fully saturated rings. The van der Waals surface area contributed by atoms with E-state index in [4.69, 9.17) is 4.74 Å². The highest BCUT2D eigenvalue weighted by atomic mass is 32.2. The van der Waals surface area contributed by atoms with E-state index in [1.54, 1.807) is 31.2 Å². The largest absolute Gasteiger partial charge is 0.423 e. The van der Waals surface area contributed by atoms with E-state index in [1.165, 1.54) is 11.8 Å². The van der Waals surface area contributed by atoms with Gasteiger partial charge in [0.15, 0.2) is 5.12 Å². The van der Waals surface area contributed by atoms with Gasteiger partial charge in [0.25, 0.3) is 0 Å². The van der Waals surface area contributed by atoms with Crippen LogP contribution in [-0.4, -0.2) is 11.1 Å². The normalized spacial score (nSPS) is 11.7. The Morgan fingerprint density at radius 3 is 2.37 bits per heavy atom. The quantitative estimate of drug-likeness (QED) is 0.355. The Balaban J connectivity index is 2.64. The van der Waals surface area contributed by atoms with E-state index in [-0.39, 0.29) is 11.0 Å². The van der Waals surface area contributed by atoms with Crippen LogP contribution in [0.15, 0.2) is 41.3 Å². The molecule has 102 valence electrons. The minimum atomic E-state index is -0.448. The third-order valence-electron chi connectivity index (χ3n) is 2.62. The number of esters is 1. The molecule has 1 aromatic rings. The number of carbonyl (C=O) groups excluding carboxylic acids is 2. The zero-order valence-corrected chi connectivity index (χ0v) is 12.3. The van der Waals surface area contributed by atoms with Crippen LogP contribution in [0.3, 0.4) is 0 Å². The molecule has 0 heterocycles. The molecule has 0 saturated carbocycles. The molecule has 1 aromatic carbocycles. The third-order valence-corrected chi connectivity index (χ3v) is 3.73. The van der Waals surface area contributed by atoms with Crippen LogP contribution in [0, 0.1) is 5.92 Å². The molecule has 0 aliphatic rings. The molecule has 0 amide bonds. The molecule has 1 atom stereocenters. The van der Waals surface area contributed by atoms with Crippen molar-refractivity contribution in [3.63, 3.8) is 0 Å². The molecule has 19 heavy (non-hydrogen) atoms. The summed E-state index contributed by atoms with van der Waals surface area (Å²) in [6.07, 6.45) is 0.833. The lowest BCUT2D eigenvalue weighted by atomic mass is 10.1. The maximum Gasteiger partial charge on any atom is 0.338 e. The van der Waals surface area contributed by atoms with E-state index < -0.39 is 5.97 Å². The van der Waals surface area contributed by atoms with Crippen molar-refractivity contribution < 1.29 is 14.3 Å². The standard InChI is InChI=1S/C15H18O3S/c1-5-11(4)15(17)19-13-8-6-12(7-9-13)18-14(16)10(2)3/h6-9,11H,2,5H2,1,3-4H3. The highest BCUT2D eigenvalue weighted by Crippen LogP contribution is 2.25. The second-order valence-corrected chi connectivity index (χ2v) is 5.45. The highest BCUT2D eigenvalue weighted by molar-refractivity contribution is 8.13. The van der Waals surface area contributed by atoms with Gasteiger partial charge in [-0.15, -0.1) is 0 Å². The predicted octanol–water partition coefficient (Wildman–Crippen LogP) is 3.83. The zero-order valence-electron chi connectivity index (χ0n) is 11.4. The molecule has 0 saturated heterocycles. The molecule has 3 nitrogen and oxygen atoms in total. The molecule has 1 rings (SSSR count). The van der Waals surface area contributed by atoms with Crippen LogP contribution >= 0.6 is 11.8 Å². The number of hydrogen-bond donors (Lipinski definition) is 0. The average Bonchev–Trinajstić information content (AvgIpc) is 2.39. The van der Waals surface area contributed by atoms with Crippen molar-refractivity contribution >= 4 is 22.8 Å². The minimum Gasteiger partial charge on any atom is -0.423 e. The second kappa shape index (κ2) is 7.14. The first-order chi connectivity index (χ1) is 8.93. The molecular formula is C15H18O3S. The van der Waals surface area contributed by atoms with E-state index in [1.807, 2.05) is 13.8 Å². The Labute approximate surface area is 118 Å². The van der Waals surface area contributed by atoms with Gasteiger partial charge < -0.3 is 4.74 Å². The lowest BCUT2D eigenvalue weighted by Crippen LogP contribution is -2.08. The van der Waals surface area contributed by atoms with Gasteiger partial charge in [-0.3, -0.25) is 4.79 Å². The fourth-order valence-corrected chi connectivity index (χ4v) is 2.03. The van der Waals surface area contributed by atoms with E-state index in [0.717, 1.165) is 11.3 Å². The lowest BCUT2D eigenvalue weighted by molar-refractivity contribution is -0.130. The van der Waals surface area contributed by atoms with Gasteiger partial charge in [0.1, 0.15) is 5.75 Å². The monoisotopic (exact) mass is 278 g/mol. The first kappa shape index (κ1) is 15.5. The van der Waals surface area contributed by atoms with Crippen LogP contribution in [0.25, 0.3) is 0 Å². The Bertz CT molecular complexity index is 477. The Hall–Kier alpha value is -1.55. The van der Waals surface area contributed by atoms with Gasteiger partial charge >= 0.3 is 5.97 Å². The van der Waals surface area contributed by atoms with E-state index in [9.17, 15) is 9.59 Å². The van der Waals surface area contributed by atoms with Crippen LogP contribution in [0.5, 0.6) is 5.75 Å². The van der Waals surface area contributed by atoms with Crippen molar-refractivity contribution in [3.05, 3.63) is 36.4 Å². The van der Waals surface area contributed by atoms with Gasteiger partial charge in [-0.2, -0.15) is 0 Å². The van der Waals surface area contributed by atoms with Crippen LogP contribution < -0.4 is 4.74 Å². The van der Waals surface area contributed by atoms with E-state index in [0.29, 0.717) is 11.3 Å². The van der Waals surface area contributed by atoms with Crippen LogP contribution in [0.2, 0.25) is 0 Å². The summed E-state index contributed by atoms with van der Waals surface area (Å²) >= 11 is 1.21. The van der Waals surface area contributed by atoms with Crippen LogP contribution in [0.1, 0.15) is 27.2 Å². The molecule has 0 aliphatic carbocycles. The Kier molecular flexibility index (Phi) is 5.83. The topological polar surface area (TPSA) is 43.4 Å². The van der Waals surface area contributed by atoms with Gasteiger partial charge in [-0.1, -0.05) is 32.2 Å². The summed E-state index contributed by atoms with van der Waals surface area (Å²) in [6, 6.07) is 6.89. The maximum atomic E-state index is 11.8. The van der Waals surface area contributed by atoms with Gasteiger partial charge in [0.05, 0.1) is 0 Å². The van der Waals surface area contributed by atoms with Crippen LogP contribution in [0.4, 0.5) is 0 Å². The fraction of sp³-hybridized carbons (Fsp3) is 0.333. The summed E-state index contributed by atoms with van der Waals surface area (Å²) < 4.78 is 5.07. The van der Waals surface area contributed by atoms with Gasteiger partial charge in [-0.25, -0.2) is 4.79 Å². The highest BCUT2D eigenvalue weighted by Gasteiger charge is 2.12. The molecule has 0 bridgehead atoms. The fourth-order valence-electron chi connectivity index (χ4n) is 1.15. The first-order valence-electron chi connectivity index (χ1n) is 6.13. The Morgan fingerprint density at radius 1 is 1.32 bits per heavy atom. The summed E-state index contributed by atoms with van der Waals surface area (Å²) in [5.74, 6) is 0.0512. The molecule has 1 unspecified atom stereocenters. The second-order valence-electron chi connectivity index (χ2n) is 4.37. The lowest BCUT2D eigenvalue weighted by Gasteiger charge is -2.07. The number of carbonyl (C=O) groups is 2. The Morgan fingerprint density at radius 2 is 1.89 bits per heavy atom.